The lowest BCUT2D eigenvalue weighted by atomic mass is 10.2. The van der Waals surface area contributed by atoms with E-state index in [0.717, 1.165) is 12.3 Å². The quantitative estimate of drug-likeness (QED) is 0.208. The molecule has 1 aromatic rings. The van der Waals surface area contributed by atoms with E-state index in [9.17, 15) is 18.5 Å². The van der Waals surface area contributed by atoms with Gasteiger partial charge in [0, 0.05) is 32.0 Å². The summed E-state index contributed by atoms with van der Waals surface area (Å²) >= 11 is 5.00. The molecule has 0 aliphatic rings. The number of nitro benzene ring substituents is 1. The van der Waals surface area contributed by atoms with Crippen molar-refractivity contribution in [1.29, 1.82) is 0 Å². The molecule has 0 amide bonds. The Hall–Kier alpha value is -2.20. The molecule has 3 N–H and O–H groups in total. The van der Waals surface area contributed by atoms with E-state index in [2.05, 4.69) is 22.5 Å². The minimum absolute atomic E-state index is 0.0947. The van der Waals surface area contributed by atoms with Crippen LogP contribution in [0.1, 0.15) is 0 Å². The SMILES string of the molecule is C=CCNC(=S)NCCNc1ccc(S(C)(=O)=O)cc1[N+](=O)[O-]. The van der Waals surface area contributed by atoms with Crippen molar-refractivity contribution >= 4 is 38.5 Å². The first-order chi connectivity index (χ1) is 10.8. The van der Waals surface area contributed by atoms with Crippen LogP contribution in [0.2, 0.25) is 0 Å². The van der Waals surface area contributed by atoms with Crippen molar-refractivity contribution in [3.05, 3.63) is 41.0 Å². The van der Waals surface area contributed by atoms with Gasteiger partial charge >= 0.3 is 0 Å². The summed E-state index contributed by atoms with van der Waals surface area (Å²) in [6, 6.07) is 3.75. The summed E-state index contributed by atoms with van der Waals surface area (Å²) in [4.78, 5) is 10.4. The maximum absolute atomic E-state index is 11.5. The number of hydrogen-bond donors (Lipinski definition) is 3. The van der Waals surface area contributed by atoms with Crippen molar-refractivity contribution in [2.24, 2.45) is 0 Å². The lowest BCUT2D eigenvalue weighted by molar-refractivity contribution is -0.384. The average molecular weight is 358 g/mol. The van der Waals surface area contributed by atoms with Crippen LogP contribution in [0.3, 0.4) is 0 Å². The Morgan fingerprint density at radius 2 is 2.09 bits per heavy atom. The summed E-state index contributed by atoms with van der Waals surface area (Å²) in [5.41, 5.74) is -0.0468. The van der Waals surface area contributed by atoms with Crippen molar-refractivity contribution in [2.75, 3.05) is 31.2 Å². The zero-order valence-electron chi connectivity index (χ0n) is 12.5. The zero-order chi connectivity index (χ0) is 17.5. The van der Waals surface area contributed by atoms with Crippen LogP contribution in [0.5, 0.6) is 0 Å². The van der Waals surface area contributed by atoms with Crippen LogP contribution < -0.4 is 16.0 Å². The molecular formula is C13H18N4O4S2. The third kappa shape index (κ3) is 6.20. The molecular weight excluding hydrogens is 340 g/mol. The number of benzene rings is 1. The molecule has 0 aliphatic heterocycles. The van der Waals surface area contributed by atoms with E-state index in [0.29, 0.717) is 24.7 Å². The topological polar surface area (TPSA) is 113 Å². The van der Waals surface area contributed by atoms with Crippen LogP contribution >= 0.6 is 12.2 Å². The fraction of sp³-hybridized carbons (Fsp3) is 0.308. The molecule has 1 rings (SSSR count). The van der Waals surface area contributed by atoms with E-state index in [4.69, 9.17) is 12.2 Å². The molecule has 0 saturated heterocycles. The molecule has 0 aliphatic carbocycles. The van der Waals surface area contributed by atoms with Crippen LogP contribution in [-0.4, -0.2) is 44.3 Å². The third-order valence-corrected chi connectivity index (χ3v) is 4.13. The van der Waals surface area contributed by atoms with Gasteiger partial charge in [-0.05, 0) is 24.4 Å². The molecule has 0 heterocycles. The molecule has 0 saturated carbocycles. The van der Waals surface area contributed by atoms with Gasteiger partial charge in [-0.25, -0.2) is 8.42 Å². The molecule has 0 spiro atoms. The average Bonchev–Trinajstić information content (AvgIpc) is 2.48. The second kappa shape index (κ2) is 8.44. The van der Waals surface area contributed by atoms with Gasteiger partial charge in [-0.15, -0.1) is 6.58 Å². The van der Waals surface area contributed by atoms with E-state index >= 15 is 0 Å². The van der Waals surface area contributed by atoms with Crippen molar-refractivity contribution in [3.8, 4) is 0 Å². The number of nitrogens with one attached hydrogen (secondary N) is 3. The van der Waals surface area contributed by atoms with E-state index in [-0.39, 0.29) is 16.3 Å². The molecule has 10 heteroatoms. The summed E-state index contributed by atoms with van der Waals surface area (Å²) in [5.74, 6) is 0. The molecule has 0 aromatic heterocycles. The maximum atomic E-state index is 11.5. The van der Waals surface area contributed by atoms with Crippen LogP contribution in [0, 0.1) is 10.1 Å². The number of nitrogens with zero attached hydrogens (tertiary/aromatic N) is 1. The van der Waals surface area contributed by atoms with Gasteiger partial charge in [0.2, 0.25) is 0 Å². The van der Waals surface area contributed by atoms with Gasteiger partial charge in [-0.1, -0.05) is 6.08 Å². The van der Waals surface area contributed by atoms with Gasteiger partial charge in [0.25, 0.3) is 5.69 Å². The van der Waals surface area contributed by atoms with Gasteiger partial charge < -0.3 is 16.0 Å². The lowest BCUT2D eigenvalue weighted by Gasteiger charge is -2.11. The number of rotatable bonds is 8. The number of hydrogen-bond acceptors (Lipinski definition) is 6. The summed E-state index contributed by atoms with van der Waals surface area (Å²) in [6.07, 6.45) is 2.67. The van der Waals surface area contributed by atoms with E-state index in [1.165, 1.54) is 12.1 Å². The van der Waals surface area contributed by atoms with Crippen molar-refractivity contribution < 1.29 is 13.3 Å². The number of anilines is 1. The third-order valence-electron chi connectivity index (χ3n) is 2.73. The lowest BCUT2D eigenvalue weighted by Crippen LogP contribution is -2.37. The fourth-order valence-electron chi connectivity index (χ4n) is 1.64. The standard InChI is InChI=1S/C13H18N4O4S2/c1-3-6-15-13(22)16-8-7-14-11-5-4-10(23(2,20)21)9-12(11)17(18)19/h3-5,9,14H,1,6-8H2,2H3,(H2,15,16,22). The predicted octanol–water partition coefficient (Wildman–Crippen LogP) is 1.06. The van der Waals surface area contributed by atoms with Gasteiger partial charge in [-0.3, -0.25) is 10.1 Å². The van der Waals surface area contributed by atoms with Gasteiger partial charge in [0.1, 0.15) is 5.69 Å². The minimum atomic E-state index is -3.50. The van der Waals surface area contributed by atoms with Crippen molar-refractivity contribution in [3.63, 3.8) is 0 Å². The van der Waals surface area contributed by atoms with Crippen molar-refractivity contribution in [1.82, 2.24) is 10.6 Å². The Bertz CT molecular complexity index is 704. The molecule has 0 atom stereocenters. The van der Waals surface area contributed by atoms with Gasteiger partial charge in [0.15, 0.2) is 14.9 Å². The molecule has 0 fully saturated rings. The molecule has 0 bridgehead atoms. The molecule has 23 heavy (non-hydrogen) atoms. The summed E-state index contributed by atoms with van der Waals surface area (Å²) in [7, 11) is -3.50. The van der Waals surface area contributed by atoms with Gasteiger partial charge in [0.05, 0.1) is 9.82 Å². The van der Waals surface area contributed by atoms with Crippen LogP contribution in [0.4, 0.5) is 11.4 Å². The molecule has 8 nitrogen and oxygen atoms in total. The van der Waals surface area contributed by atoms with Crippen LogP contribution in [0.15, 0.2) is 35.7 Å². The first-order valence-electron chi connectivity index (χ1n) is 6.60. The summed E-state index contributed by atoms with van der Waals surface area (Å²) < 4.78 is 22.9. The Morgan fingerprint density at radius 3 is 2.65 bits per heavy atom. The van der Waals surface area contributed by atoms with E-state index in [1.807, 2.05) is 0 Å². The van der Waals surface area contributed by atoms with Crippen LogP contribution in [-0.2, 0) is 9.84 Å². The first-order valence-corrected chi connectivity index (χ1v) is 8.90. The highest BCUT2D eigenvalue weighted by Crippen LogP contribution is 2.27. The Morgan fingerprint density at radius 1 is 1.39 bits per heavy atom. The first kappa shape index (κ1) is 18.8. The van der Waals surface area contributed by atoms with Crippen molar-refractivity contribution in [2.45, 2.75) is 4.90 Å². The smallest absolute Gasteiger partial charge is 0.293 e. The van der Waals surface area contributed by atoms with E-state index in [1.54, 1.807) is 6.08 Å². The maximum Gasteiger partial charge on any atom is 0.293 e. The summed E-state index contributed by atoms with van der Waals surface area (Å²) in [5, 5.41) is 20.2. The predicted molar refractivity (Wildman–Crippen MR) is 93.5 cm³/mol. The number of sulfone groups is 1. The second-order valence-electron chi connectivity index (χ2n) is 4.56. The normalized spacial score (nSPS) is 10.7. The Labute approximate surface area is 140 Å². The molecule has 1 aromatic carbocycles. The highest BCUT2D eigenvalue weighted by Gasteiger charge is 2.18. The zero-order valence-corrected chi connectivity index (χ0v) is 14.2. The number of thiocarbonyl (C=S) groups is 1. The summed E-state index contributed by atoms with van der Waals surface area (Å²) in [6.45, 7) is 4.90. The van der Waals surface area contributed by atoms with Gasteiger partial charge in [-0.2, -0.15) is 0 Å². The highest BCUT2D eigenvalue weighted by atomic mass is 32.2. The molecule has 0 unspecified atom stereocenters. The Kier molecular flexibility index (Phi) is 6.91. The largest absolute Gasteiger partial charge is 0.378 e. The monoisotopic (exact) mass is 358 g/mol. The number of nitro groups is 1. The molecule has 0 radical (unpaired) electrons. The minimum Gasteiger partial charge on any atom is -0.378 e. The fourth-order valence-corrected chi connectivity index (χ4v) is 2.47. The van der Waals surface area contributed by atoms with Crippen LogP contribution in [0.25, 0.3) is 0 Å². The van der Waals surface area contributed by atoms with E-state index < -0.39 is 14.8 Å². The highest BCUT2D eigenvalue weighted by molar-refractivity contribution is 7.90. The Balaban J connectivity index is 2.68. The second-order valence-corrected chi connectivity index (χ2v) is 6.98. The molecule has 126 valence electrons.